The van der Waals surface area contributed by atoms with Crippen molar-refractivity contribution in [2.45, 2.75) is 34.9 Å². The van der Waals surface area contributed by atoms with E-state index >= 15 is 0 Å². The van der Waals surface area contributed by atoms with Crippen molar-refractivity contribution in [2.75, 3.05) is 12.0 Å². The van der Waals surface area contributed by atoms with Gasteiger partial charge in [-0.2, -0.15) is 0 Å². The van der Waals surface area contributed by atoms with E-state index in [1.807, 2.05) is 0 Å². The summed E-state index contributed by atoms with van der Waals surface area (Å²) in [5.74, 6) is -9.66. The van der Waals surface area contributed by atoms with Gasteiger partial charge in [0.2, 0.25) is 11.8 Å². The lowest BCUT2D eigenvalue weighted by Gasteiger charge is -2.50. The van der Waals surface area contributed by atoms with Crippen molar-refractivity contribution in [2.24, 2.45) is 17.8 Å². The molecule has 13 heteroatoms. The molecule has 1 aromatic carbocycles. The number of amides is 4. The number of alkyl halides is 3. The standard InChI is InChI=1S/C24H20BrCl2FN2O7/c25-9-30-21(36)23(26)8-13-10(4-5-11-16(13)20(35)29(19(11)34)7-6-15(31)32)17(24(23,27)22(30)37)12-2-1-3-14(28)18(12)33/h1-4,11,13,16-17,33H,5-9H2,(H,31,32). The summed E-state index contributed by atoms with van der Waals surface area (Å²) in [6.45, 7) is -0.309. The zero-order chi connectivity index (χ0) is 27.0. The zero-order valence-corrected chi connectivity index (χ0v) is 22.1. The summed E-state index contributed by atoms with van der Waals surface area (Å²) >= 11 is 17.1. The second kappa shape index (κ2) is 8.78. The van der Waals surface area contributed by atoms with E-state index in [0.29, 0.717) is 5.57 Å². The van der Waals surface area contributed by atoms with Gasteiger partial charge >= 0.3 is 5.97 Å². The van der Waals surface area contributed by atoms with Crippen LogP contribution in [0.5, 0.6) is 5.75 Å². The molecule has 37 heavy (non-hydrogen) atoms. The van der Waals surface area contributed by atoms with Crippen LogP contribution in [0.15, 0.2) is 29.8 Å². The molecule has 1 saturated carbocycles. The molecule has 6 unspecified atom stereocenters. The van der Waals surface area contributed by atoms with Gasteiger partial charge in [-0.05, 0) is 24.8 Å². The van der Waals surface area contributed by atoms with Crippen LogP contribution < -0.4 is 0 Å². The first-order valence-corrected chi connectivity index (χ1v) is 13.3. The Labute approximate surface area is 228 Å². The Morgan fingerprint density at radius 3 is 2.46 bits per heavy atom. The van der Waals surface area contributed by atoms with E-state index in [4.69, 9.17) is 28.3 Å². The van der Waals surface area contributed by atoms with Crippen LogP contribution in [0.25, 0.3) is 0 Å². The first-order valence-electron chi connectivity index (χ1n) is 11.4. The molecule has 4 amide bonds. The minimum atomic E-state index is -2.16. The molecule has 196 valence electrons. The van der Waals surface area contributed by atoms with Crippen LogP contribution in [0.1, 0.15) is 30.7 Å². The predicted octanol–water partition coefficient (Wildman–Crippen LogP) is 2.72. The highest BCUT2D eigenvalue weighted by Gasteiger charge is 2.76. The Kier molecular flexibility index (Phi) is 6.20. The first kappa shape index (κ1) is 26.1. The van der Waals surface area contributed by atoms with E-state index in [2.05, 4.69) is 15.9 Å². The van der Waals surface area contributed by atoms with E-state index < -0.39 is 81.0 Å². The number of carbonyl (C=O) groups is 5. The number of halogens is 4. The largest absolute Gasteiger partial charge is 0.505 e. The smallest absolute Gasteiger partial charge is 0.305 e. The van der Waals surface area contributed by atoms with Crippen LogP contribution in [0, 0.1) is 23.6 Å². The number of allylic oxidation sites excluding steroid dienone is 2. The highest BCUT2D eigenvalue weighted by atomic mass is 79.9. The molecule has 2 aliphatic carbocycles. The number of phenolic OH excluding ortho intramolecular Hbond substituents is 1. The average Bonchev–Trinajstić information content (AvgIpc) is 3.17. The van der Waals surface area contributed by atoms with E-state index in [9.17, 15) is 33.5 Å². The number of phenols is 1. The fourth-order valence-corrected chi connectivity index (χ4v) is 7.77. The second-order valence-corrected chi connectivity index (χ2v) is 11.4. The summed E-state index contributed by atoms with van der Waals surface area (Å²) in [6, 6.07) is 3.71. The van der Waals surface area contributed by atoms with Gasteiger partial charge in [-0.15, -0.1) is 23.2 Å². The third kappa shape index (κ3) is 3.36. The van der Waals surface area contributed by atoms with Crippen molar-refractivity contribution in [3.63, 3.8) is 0 Å². The Morgan fingerprint density at radius 2 is 1.81 bits per heavy atom. The molecule has 9 nitrogen and oxygen atoms in total. The lowest BCUT2D eigenvalue weighted by Crippen LogP contribution is -2.60. The molecule has 0 spiro atoms. The average molecular weight is 618 g/mol. The van der Waals surface area contributed by atoms with Crippen molar-refractivity contribution >= 4 is 68.7 Å². The van der Waals surface area contributed by atoms with Gasteiger partial charge in [-0.3, -0.25) is 33.8 Å². The van der Waals surface area contributed by atoms with Gasteiger partial charge in [0.25, 0.3) is 11.8 Å². The second-order valence-electron chi connectivity index (χ2n) is 9.64. The van der Waals surface area contributed by atoms with E-state index in [1.54, 1.807) is 6.08 Å². The summed E-state index contributed by atoms with van der Waals surface area (Å²) in [5, 5.41) is 19.7. The molecule has 2 saturated heterocycles. The molecule has 2 N–H and O–H groups in total. The van der Waals surface area contributed by atoms with Crippen molar-refractivity contribution in [1.29, 1.82) is 0 Å². The first-order chi connectivity index (χ1) is 17.4. The molecule has 3 fully saturated rings. The van der Waals surface area contributed by atoms with Gasteiger partial charge in [0, 0.05) is 18.0 Å². The number of nitrogens with zero attached hydrogens (tertiary/aromatic N) is 2. The number of aromatic hydroxyl groups is 1. The maximum absolute atomic E-state index is 14.5. The van der Waals surface area contributed by atoms with Gasteiger partial charge in [0.1, 0.15) is 0 Å². The molecule has 1 aromatic rings. The number of rotatable bonds is 5. The quantitative estimate of drug-likeness (QED) is 0.225. The highest BCUT2D eigenvalue weighted by molar-refractivity contribution is 9.09. The number of imide groups is 2. The molecule has 2 aliphatic heterocycles. The van der Waals surface area contributed by atoms with Crippen molar-refractivity contribution in [1.82, 2.24) is 9.80 Å². The van der Waals surface area contributed by atoms with Gasteiger partial charge in [-0.1, -0.05) is 39.7 Å². The lowest BCUT2D eigenvalue weighted by molar-refractivity contribution is -0.143. The van der Waals surface area contributed by atoms with E-state index in [-0.39, 0.29) is 30.4 Å². The number of hydrogen-bond donors (Lipinski definition) is 2. The van der Waals surface area contributed by atoms with Crippen LogP contribution >= 0.6 is 39.1 Å². The molecule has 5 rings (SSSR count). The maximum Gasteiger partial charge on any atom is 0.305 e. The highest BCUT2D eigenvalue weighted by Crippen LogP contribution is 2.66. The van der Waals surface area contributed by atoms with Crippen molar-refractivity contribution in [3.05, 3.63) is 41.2 Å². The predicted molar refractivity (Wildman–Crippen MR) is 130 cm³/mol. The molecule has 0 bridgehead atoms. The Morgan fingerprint density at radius 1 is 1.11 bits per heavy atom. The van der Waals surface area contributed by atoms with Crippen LogP contribution in [0.3, 0.4) is 0 Å². The number of hydrogen-bond acceptors (Lipinski definition) is 6. The Hall–Kier alpha value is -2.50. The van der Waals surface area contributed by atoms with Gasteiger partial charge in [-0.25, -0.2) is 4.39 Å². The maximum atomic E-state index is 14.5. The minimum absolute atomic E-state index is 0.0732. The third-order valence-corrected chi connectivity index (χ3v) is 9.90. The van der Waals surface area contributed by atoms with Crippen molar-refractivity contribution < 1.29 is 38.6 Å². The number of carboxylic acids is 1. The number of carboxylic acid groups (broad SMARTS) is 1. The number of likely N-dealkylation sites (tertiary alicyclic amines) is 2. The summed E-state index contributed by atoms with van der Waals surface area (Å²) in [7, 11) is 0. The van der Waals surface area contributed by atoms with Crippen LogP contribution in [0.4, 0.5) is 4.39 Å². The summed E-state index contributed by atoms with van der Waals surface area (Å²) in [4.78, 5) is 62.2. The number of aliphatic carboxylic acids is 1. The SMILES string of the molecule is O=C(O)CCN1C(=O)C2CC=C3C(CC4(Cl)C(=O)N(CBr)C(=O)C4(Cl)C3c3cccc(F)c3O)C2C1=O. The van der Waals surface area contributed by atoms with Gasteiger partial charge < -0.3 is 10.2 Å². The molecule has 2 heterocycles. The summed E-state index contributed by atoms with van der Waals surface area (Å²) in [5.41, 5.74) is 0.102. The molecular formula is C24H20BrCl2FN2O7. The van der Waals surface area contributed by atoms with Crippen LogP contribution in [-0.2, 0) is 24.0 Å². The van der Waals surface area contributed by atoms with Crippen molar-refractivity contribution in [3.8, 4) is 5.75 Å². The number of fused-ring (bicyclic) bond motifs is 4. The van der Waals surface area contributed by atoms with Gasteiger partial charge in [0.05, 0.1) is 23.7 Å². The molecule has 4 aliphatic rings. The number of benzene rings is 1. The van der Waals surface area contributed by atoms with E-state index in [0.717, 1.165) is 15.9 Å². The normalized spacial score (nSPS) is 34.9. The van der Waals surface area contributed by atoms with Gasteiger partial charge in [0.15, 0.2) is 21.3 Å². The topological polar surface area (TPSA) is 132 Å². The van der Waals surface area contributed by atoms with Crippen LogP contribution in [0.2, 0.25) is 0 Å². The third-order valence-electron chi connectivity index (χ3n) is 7.98. The van der Waals surface area contributed by atoms with E-state index in [1.165, 1.54) is 12.1 Å². The Bertz CT molecular complexity index is 1310. The molecule has 0 aromatic heterocycles. The summed E-state index contributed by atoms with van der Waals surface area (Å²) < 4.78 is 14.5. The number of para-hydroxylation sites is 1. The molecule has 0 radical (unpaired) electrons. The minimum Gasteiger partial charge on any atom is -0.505 e. The van der Waals surface area contributed by atoms with Crippen LogP contribution in [-0.4, -0.2) is 71.4 Å². The number of carbonyl (C=O) groups excluding carboxylic acids is 4. The Balaban J connectivity index is 1.69. The fraction of sp³-hybridized carbons (Fsp3) is 0.458. The zero-order valence-electron chi connectivity index (χ0n) is 19.0. The summed E-state index contributed by atoms with van der Waals surface area (Å²) in [6.07, 6.45) is 1.02. The lowest BCUT2D eigenvalue weighted by atomic mass is 9.56. The molecule has 6 atom stereocenters. The monoisotopic (exact) mass is 616 g/mol. The fourth-order valence-electron chi connectivity index (χ4n) is 6.36. The molecular weight excluding hydrogens is 598 g/mol.